The molecule has 0 aliphatic carbocycles. The molecule has 0 atom stereocenters. The van der Waals surface area contributed by atoms with Gasteiger partial charge in [-0.25, -0.2) is 0 Å². The molecule has 0 aromatic heterocycles. The van der Waals surface area contributed by atoms with Crippen LogP contribution in [0.5, 0.6) is 5.75 Å². The highest BCUT2D eigenvalue weighted by molar-refractivity contribution is 5.99. The smallest absolute Gasteiger partial charge is 0.255 e. The molecule has 0 bridgehead atoms. The van der Waals surface area contributed by atoms with Gasteiger partial charge in [0.25, 0.3) is 5.91 Å². The van der Waals surface area contributed by atoms with Gasteiger partial charge in [-0.1, -0.05) is 56.2 Å². The van der Waals surface area contributed by atoms with Gasteiger partial charge in [-0.3, -0.25) is 4.79 Å². The fourth-order valence-electron chi connectivity index (χ4n) is 3.36. The Bertz CT molecular complexity index is 969. The van der Waals surface area contributed by atoms with Crippen LogP contribution in [0.2, 0.25) is 0 Å². The van der Waals surface area contributed by atoms with Gasteiger partial charge in [0.1, 0.15) is 11.8 Å². The molecule has 2 aromatic carbocycles. The minimum atomic E-state index is -0.427. The maximum Gasteiger partial charge on any atom is 0.255 e. The molecular weight excluding hydrogens is 360 g/mol. The van der Waals surface area contributed by atoms with Crippen LogP contribution in [0.15, 0.2) is 42.1 Å². The average molecular weight is 391 g/mol. The van der Waals surface area contributed by atoms with Crippen molar-refractivity contribution in [2.75, 3.05) is 6.61 Å². The van der Waals surface area contributed by atoms with Crippen LogP contribution in [0.1, 0.15) is 60.3 Å². The second-order valence-electron chi connectivity index (χ2n) is 8.30. The van der Waals surface area contributed by atoms with E-state index in [1.807, 2.05) is 72.7 Å². The summed E-state index contributed by atoms with van der Waals surface area (Å²) in [5.41, 5.74) is 4.95. The summed E-state index contributed by atoms with van der Waals surface area (Å²) in [4.78, 5) is 13.2. The summed E-state index contributed by atoms with van der Waals surface area (Å²) in [5.74, 6) is 0.447. The van der Waals surface area contributed by atoms with Crippen LogP contribution in [-0.2, 0) is 0 Å². The van der Waals surface area contributed by atoms with Crippen molar-refractivity contribution in [3.05, 3.63) is 69.9 Å². The number of carbonyl (C=O) groups is 1. The van der Waals surface area contributed by atoms with Crippen LogP contribution in [-0.4, -0.2) is 12.5 Å². The van der Waals surface area contributed by atoms with Gasteiger partial charge in [0, 0.05) is 22.2 Å². The zero-order chi connectivity index (χ0) is 21.8. The molecule has 0 radical (unpaired) electrons. The topological polar surface area (TPSA) is 62.1 Å². The first-order valence-electron chi connectivity index (χ1n) is 9.85. The van der Waals surface area contributed by atoms with Crippen LogP contribution in [0.25, 0.3) is 5.57 Å². The standard InChI is InChI=1S/C25H30N2O2/c1-8-29-22-11-9-10-20(18(22)4)24(28)27-23(25(5,6)7)21(15-26)19-13-16(2)12-17(3)14-19/h9-14H,8H2,1-7H3,(H,27,28). The highest BCUT2D eigenvalue weighted by Crippen LogP contribution is 2.32. The van der Waals surface area contributed by atoms with Crippen LogP contribution in [0.3, 0.4) is 0 Å². The van der Waals surface area contributed by atoms with E-state index in [2.05, 4.69) is 17.5 Å². The minimum absolute atomic E-state index is 0.244. The van der Waals surface area contributed by atoms with E-state index >= 15 is 0 Å². The highest BCUT2D eigenvalue weighted by Gasteiger charge is 2.26. The number of rotatable bonds is 5. The molecule has 0 aliphatic rings. The summed E-state index contributed by atoms with van der Waals surface area (Å²) < 4.78 is 5.62. The third-order valence-electron chi connectivity index (χ3n) is 4.69. The Morgan fingerprint density at radius 3 is 2.24 bits per heavy atom. The van der Waals surface area contributed by atoms with E-state index in [0.717, 1.165) is 22.3 Å². The average Bonchev–Trinajstić information content (AvgIpc) is 2.61. The molecule has 0 saturated heterocycles. The zero-order valence-electron chi connectivity index (χ0n) is 18.4. The predicted molar refractivity (Wildman–Crippen MR) is 118 cm³/mol. The number of benzene rings is 2. The number of ether oxygens (including phenoxy) is 1. The summed E-state index contributed by atoms with van der Waals surface area (Å²) in [6, 6.07) is 13.8. The van der Waals surface area contributed by atoms with E-state index in [1.165, 1.54) is 0 Å². The van der Waals surface area contributed by atoms with Crippen LogP contribution in [0.4, 0.5) is 0 Å². The molecule has 0 unspecified atom stereocenters. The van der Waals surface area contributed by atoms with Gasteiger partial charge in [-0.15, -0.1) is 0 Å². The molecule has 0 spiro atoms. The Labute approximate surface area is 174 Å². The van der Waals surface area contributed by atoms with Crippen molar-refractivity contribution in [3.63, 3.8) is 0 Å². The number of hydrogen-bond acceptors (Lipinski definition) is 3. The largest absolute Gasteiger partial charge is 0.494 e. The van der Waals surface area contributed by atoms with Crippen molar-refractivity contribution in [2.45, 2.75) is 48.5 Å². The molecule has 2 aromatic rings. The lowest BCUT2D eigenvalue weighted by atomic mass is 9.86. The maximum atomic E-state index is 13.2. The lowest BCUT2D eigenvalue weighted by Gasteiger charge is -2.26. The van der Waals surface area contributed by atoms with Crippen LogP contribution < -0.4 is 10.1 Å². The Balaban J connectivity index is 2.57. The van der Waals surface area contributed by atoms with Gasteiger partial charge in [0.15, 0.2) is 0 Å². The number of amides is 1. The zero-order valence-corrected chi connectivity index (χ0v) is 18.4. The van der Waals surface area contributed by atoms with E-state index in [9.17, 15) is 10.1 Å². The van der Waals surface area contributed by atoms with Crippen molar-refractivity contribution < 1.29 is 9.53 Å². The molecule has 0 aliphatic heterocycles. The number of nitrogens with one attached hydrogen (secondary N) is 1. The maximum absolute atomic E-state index is 13.2. The molecule has 4 nitrogen and oxygen atoms in total. The lowest BCUT2D eigenvalue weighted by Crippen LogP contribution is -2.31. The molecule has 152 valence electrons. The first-order chi connectivity index (χ1) is 13.6. The van der Waals surface area contributed by atoms with Gasteiger partial charge < -0.3 is 10.1 Å². The molecule has 4 heteroatoms. The van der Waals surface area contributed by atoms with Crippen molar-refractivity contribution in [1.82, 2.24) is 5.32 Å². The summed E-state index contributed by atoms with van der Waals surface area (Å²) >= 11 is 0. The number of hydrogen-bond donors (Lipinski definition) is 1. The van der Waals surface area contributed by atoms with Gasteiger partial charge in [0.2, 0.25) is 0 Å². The molecule has 1 N–H and O–H groups in total. The van der Waals surface area contributed by atoms with E-state index in [4.69, 9.17) is 4.74 Å². The van der Waals surface area contributed by atoms with E-state index < -0.39 is 5.41 Å². The van der Waals surface area contributed by atoms with Gasteiger partial charge >= 0.3 is 0 Å². The fraction of sp³-hybridized carbons (Fsp3) is 0.360. The third-order valence-corrected chi connectivity index (χ3v) is 4.69. The SMILES string of the molecule is CCOc1cccc(C(=O)NC(=C(C#N)c2cc(C)cc(C)c2)C(C)(C)C)c1C. The second kappa shape index (κ2) is 8.96. The highest BCUT2D eigenvalue weighted by atomic mass is 16.5. The van der Waals surface area contributed by atoms with Crippen molar-refractivity contribution in [2.24, 2.45) is 5.41 Å². The minimum Gasteiger partial charge on any atom is -0.494 e. The quantitative estimate of drug-likeness (QED) is 0.664. The number of allylic oxidation sites excluding steroid dienone is 2. The molecule has 29 heavy (non-hydrogen) atoms. The van der Waals surface area contributed by atoms with E-state index in [1.54, 1.807) is 6.07 Å². The first-order valence-corrected chi connectivity index (χ1v) is 9.85. The Morgan fingerprint density at radius 1 is 1.10 bits per heavy atom. The Hall–Kier alpha value is -3.06. The summed E-state index contributed by atoms with van der Waals surface area (Å²) in [5, 5.41) is 13.0. The lowest BCUT2D eigenvalue weighted by molar-refractivity contribution is 0.0957. The van der Waals surface area contributed by atoms with E-state index in [-0.39, 0.29) is 5.91 Å². The normalized spacial score (nSPS) is 12.1. The third kappa shape index (κ3) is 5.26. The van der Waals surface area contributed by atoms with Crippen molar-refractivity contribution in [3.8, 4) is 11.8 Å². The molecule has 0 fully saturated rings. The summed E-state index contributed by atoms with van der Waals surface area (Å²) in [6.45, 7) is 14.3. The second-order valence-corrected chi connectivity index (χ2v) is 8.30. The molecule has 2 rings (SSSR count). The fourth-order valence-corrected chi connectivity index (χ4v) is 3.36. The number of nitriles is 1. The first kappa shape index (κ1) is 22.2. The molecular formula is C25H30N2O2. The number of aryl methyl sites for hydroxylation is 2. The van der Waals surface area contributed by atoms with Gasteiger partial charge in [-0.2, -0.15) is 5.26 Å². The van der Waals surface area contributed by atoms with Crippen LogP contribution >= 0.6 is 0 Å². The van der Waals surface area contributed by atoms with Gasteiger partial charge in [0.05, 0.1) is 12.2 Å². The molecule has 0 heterocycles. The Morgan fingerprint density at radius 2 is 1.72 bits per heavy atom. The van der Waals surface area contributed by atoms with Crippen LogP contribution in [0, 0.1) is 37.5 Å². The van der Waals surface area contributed by atoms with Crippen molar-refractivity contribution in [1.29, 1.82) is 5.26 Å². The Kier molecular flexibility index (Phi) is 6.87. The molecule has 1 amide bonds. The van der Waals surface area contributed by atoms with Crippen molar-refractivity contribution >= 4 is 11.5 Å². The predicted octanol–water partition coefficient (Wildman–Crippen LogP) is 5.72. The molecule has 0 saturated carbocycles. The number of nitrogens with zero attached hydrogens (tertiary/aromatic N) is 1. The number of carbonyl (C=O) groups excluding carboxylic acids is 1. The monoisotopic (exact) mass is 390 g/mol. The summed E-state index contributed by atoms with van der Waals surface area (Å²) in [6.07, 6.45) is 0. The van der Waals surface area contributed by atoms with E-state index in [0.29, 0.717) is 29.2 Å². The van der Waals surface area contributed by atoms with Gasteiger partial charge in [-0.05, 0) is 45.4 Å². The summed E-state index contributed by atoms with van der Waals surface area (Å²) in [7, 11) is 0.